The minimum absolute atomic E-state index is 0.199. The molecule has 1 N–H and O–H groups in total. The van der Waals surface area contributed by atoms with Crippen LogP contribution in [0.2, 0.25) is 0 Å². The summed E-state index contributed by atoms with van der Waals surface area (Å²) in [5.74, 6) is -0.199. The number of nitrogens with one attached hydrogen (secondary N) is 1. The number of ether oxygens (including phenoxy) is 1. The zero-order valence-corrected chi connectivity index (χ0v) is 13.5. The molecule has 1 aromatic rings. The fourth-order valence-corrected chi connectivity index (χ4v) is 2.39. The van der Waals surface area contributed by atoms with Crippen LogP contribution in [0.3, 0.4) is 0 Å². The normalized spacial score (nSPS) is 14.3. The number of nitrogens with zero attached hydrogens (tertiary/aromatic N) is 2. The van der Waals surface area contributed by atoms with Gasteiger partial charge in [0.15, 0.2) is 0 Å². The second-order valence-electron chi connectivity index (χ2n) is 5.75. The lowest BCUT2D eigenvalue weighted by Gasteiger charge is -2.30. The third-order valence-electron chi connectivity index (χ3n) is 3.26. The van der Waals surface area contributed by atoms with Crippen LogP contribution in [-0.4, -0.2) is 33.9 Å². The molecular weight excluding hydrogens is 254 g/mol. The van der Waals surface area contributed by atoms with Gasteiger partial charge < -0.3 is 4.74 Å². The summed E-state index contributed by atoms with van der Waals surface area (Å²) in [5, 5.41) is 7.76. The lowest BCUT2D eigenvalue weighted by molar-refractivity contribution is -0.151. The molecule has 0 aliphatic heterocycles. The molecule has 0 saturated carbocycles. The van der Waals surface area contributed by atoms with Crippen LogP contribution in [-0.2, 0) is 16.1 Å². The van der Waals surface area contributed by atoms with E-state index in [0.717, 1.165) is 11.4 Å². The first-order chi connectivity index (χ1) is 9.28. The monoisotopic (exact) mass is 281 g/mol. The molecule has 1 atom stereocenters. The number of hydrogen-bond donors (Lipinski definition) is 1. The predicted octanol–water partition coefficient (Wildman–Crippen LogP) is 2.21. The highest BCUT2D eigenvalue weighted by molar-refractivity contribution is 5.80. The molecule has 5 heteroatoms. The van der Waals surface area contributed by atoms with E-state index in [4.69, 9.17) is 4.74 Å². The molecule has 0 bridgehead atoms. The highest BCUT2D eigenvalue weighted by atomic mass is 16.5. The molecule has 0 aromatic carbocycles. The Morgan fingerprint density at radius 1 is 1.50 bits per heavy atom. The number of esters is 1. The standard InChI is InChI=1S/C15H27N3O2/c1-7-20-14(19)15(6,16-11(2)3)8-9-18-13(5)10-12(4)17-18/h10-11,16H,7-9H2,1-6H3. The molecule has 0 radical (unpaired) electrons. The van der Waals surface area contributed by atoms with E-state index in [2.05, 4.69) is 10.4 Å². The van der Waals surface area contributed by atoms with Crippen molar-refractivity contribution in [3.05, 3.63) is 17.5 Å². The number of aromatic nitrogens is 2. The zero-order chi connectivity index (χ0) is 15.3. The summed E-state index contributed by atoms with van der Waals surface area (Å²) in [7, 11) is 0. The van der Waals surface area contributed by atoms with E-state index < -0.39 is 5.54 Å². The van der Waals surface area contributed by atoms with Crippen LogP contribution < -0.4 is 5.32 Å². The lowest BCUT2D eigenvalue weighted by Crippen LogP contribution is -2.53. The van der Waals surface area contributed by atoms with Crippen molar-refractivity contribution in [2.45, 2.75) is 66.1 Å². The molecule has 1 rings (SSSR count). The Balaban J connectivity index is 2.79. The molecule has 0 saturated heterocycles. The van der Waals surface area contributed by atoms with Gasteiger partial charge in [0.05, 0.1) is 12.3 Å². The fourth-order valence-electron chi connectivity index (χ4n) is 2.39. The Labute approximate surface area is 121 Å². The molecule has 1 aromatic heterocycles. The Morgan fingerprint density at radius 2 is 2.15 bits per heavy atom. The van der Waals surface area contributed by atoms with Crippen molar-refractivity contribution < 1.29 is 9.53 Å². The molecule has 5 nitrogen and oxygen atoms in total. The number of carbonyl (C=O) groups is 1. The van der Waals surface area contributed by atoms with Gasteiger partial charge in [-0.2, -0.15) is 5.10 Å². The maximum absolute atomic E-state index is 12.2. The number of carbonyl (C=O) groups excluding carboxylic acids is 1. The van der Waals surface area contributed by atoms with Crippen LogP contribution in [0.15, 0.2) is 6.07 Å². The van der Waals surface area contributed by atoms with E-state index in [0.29, 0.717) is 19.6 Å². The minimum Gasteiger partial charge on any atom is -0.465 e. The third-order valence-corrected chi connectivity index (χ3v) is 3.26. The van der Waals surface area contributed by atoms with Gasteiger partial charge in [-0.15, -0.1) is 0 Å². The van der Waals surface area contributed by atoms with Crippen LogP contribution >= 0.6 is 0 Å². The number of hydrogen-bond acceptors (Lipinski definition) is 4. The first kappa shape index (κ1) is 16.7. The molecule has 0 fully saturated rings. The van der Waals surface area contributed by atoms with Gasteiger partial charge in [-0.05, 0) is 54.0 Å². The van der Waals surface area contributed by atoms with Crippen molar-refractivity contribution in [1.29, 1.82) is 0 Å². The summed E-state index contributed by atoms with van der Waals surface area (Å²) in [5.41, 5.74) is 1.42. The van der Waals surface area contributed by atoms with Crippen molar-refractivity contribution >= 4 is 5.97 Å². The van der Waals surface area contributed by atoms with Gasteiger partial charge in [-0.1, -0.05) is 0 Å². The van der Waals surface area contributed by atoms with Crippen LogP contribution in [0.1, 0.15) is 45.5 Å². The quantitative estimate of drug-likeness (QED) is 0.779. The van der Waals surface area contributed by atoms with Crippen LogP contribution in [0.25, 0.3) is 0 Å². The first-order valence-electron chi connectivity index (χ1n) is 7.24. The Kier molecular flexibility index (Phi) is 5.74. The van der Waals surface area contributed by atoms with Gasteiger partial charge >= 0.3 is 5.97 Å². The maximum Gasteiger partial charge on any atom is 0.326 e. The lowest BCUT2D eigenvalue weighted by atomic mass is 9.96. The van der Waals surface area contributed by atoms with E-state index >= 15 is 0 Å². The molecule has 1 heterocycles. The first-order valence-corrected chi connectivity index (χ1v) is 7.24. The van der Waals surface area contributed by atoms with Crippen LogP contribution in [0.4, 0.5) is 0 Å². The maximum atomic E-state index is 12.2. The Bertz CT molecular complexity index is 454. The average Bonchev–Trinajstić information content (AvgIpc) is 2.65. The predicted molar refractivity (Wildman–Crippen MR) is 79.6 cm³/mol. The second kappa shape index (κ2) is 6.88. The van der Waals surface area contributed by atoms with Gasteiger partial charge in [0.2, 0.25) is 0 Å². The average molecular weight is 281 g/mol. The van der Waals surface area contributed by atoms with Gasteiger partial charge in [0.25, 0.3) is 0 Å². The van der Waals surface area contributed by atoms with Crippen molar-refractivity contribution in [3.63, 3.8) is 0 Å². The fraction of sp³-hybridized carbons (Fsp3) is 0.733. The Morgan fingerprint density at radius 3 is 2.60 bits per heavy atom. The van der Waals surface area contributed by atoms with E-state index in [9.17, 15) is 4.79 Å². The van der Waals surface area contributed by atoms with E-state index in [1.807, 2.05) is 52.3 Å². The summed E-state index contributed by atoms with van der Waals surface area (Å²) in [6.07, 6.45) is 0.645. The second-order valence-corrected chi connectivity index (χ2v) is 5.75. The molecule has 0 aliphatic rings. The zero-order valence-electron chi connectivity index (χ0n) is 13.5. The van der Waals surface area contributed by atoms with Gasteiger partial charge in [0, 0.05) is 18.3 Å². The van der Waals surface area contributed by atoms with E-state index in [1.165, 1.54) is 0 Å². The van der Waals surface area contributed by atoms with Gasteiger partial charge in [0.1, 0.15) is 5.54 Å². The van der Waals surface area contributed by atoms with Crippen molar-refractivity contribution in [1.82, 2.24) is 15.1 Å². The number of rotatable bonds is 7. The molecule has 0 aliphatic carbocycles. The summed E-state index contributed by atoms with van der Waals surface area (Å²) in [4.78, 5) is 12.2. The van der Waals surface area contributed by atoms with Crippen molar-refractivity contribution in [2.75, 3.05) is 6.61 Å². The Hall–Kier alpha value is -1.36. The highest BCUT2D eigenvalue weighted by Crippen LogP contribution is 2.16. The topological polar surface area (TPSA) is 56.2 Å². The summed E-state index contributed by atoms with van der Waals surface area (Å²) in [6, 6.07) is 2.25. The molecule has 0 amide bonds. The minimum atomic E-state index is -0.684. The summed E-state index contributed by atoms with van der Waals surface area (Å²) >= 11 is 0. The molecule has 20 heavy (non-hydrogen) atoms. The van der Waals surface area contributed by atoms with E-state index in [1.54, 1.807) is 0 Å². The van der Waals surface area contributed by atoms with Crippen molar-refractivity contribution in [3.8, 4) is 0 Å². The van der Waals surface area contributed by atoms with Crippen molar-refractivity contribution in [2.24, 2.45) is 0 Å². The van der Waals surface area contributed by atoms with Crippen LogP contribution in [0, 0.1) is 13.8 Å². The number of aryl methyl sites for hydroxylation is 3. The molecule has 0 spiro atoms. The third kappa shape index (κ3) is 4.34. The summed E-state index contributed by atoms with van der Waals surface area (Å²) in [6.45, 7) is 12.9. The molecule has 114 valence electrons. The van der Waals surface area contributed by atoms with E-state index in [-0.39, 0.29) is 12.0 Å². The van der Waals surface area contributed by atoms with Crippen LogP contribution in [0.5, 0.6) is 0 Å². The van der Waals surface area contributed by atoms with Gasteiger partial charge in [-0.25, -0.2) is 0 Å². The van der Waals surface area contributed by atoms with Gasteiger partial charge in [-0.3, -0.25) is 14.8 Å². The summed E-state index contributed by atoms with van der Waals surface area (Å²) < 4.78 is 7.14. The molecule has 1 unspecified atom stereocenters. The molecular formula is C15H27N3O2. The highest BCUT2D eigenvalue weighted by Gasteiger charge is 2.35. The SMILES string of the molecule is CCOC(=O)C(C)(CCn1nc(C)cc1C)NC(C)C. The largest absolute Gasteiger partial charge is 0.465 e. The smallest absolute Gasteiger partial charge is 0.326 e.